The molecule has 2 heterocycles. The van der Waals surface area contributed by atoms with Crippen LogP contribution >= 0.6 is 0 Å². The zero-order valence-electron chi connectivity index (χ0n) is 21.1. The zero-order valence-corrected chi connectivity index (χ0v) is 21.1. The number of nitrogens with zero attached hydrogens (tertiary/aromatic N) is 3. The van der Waals surface area contributed by atoms with Crippen LogP contribution in [0.15, 0.2) is 54.9 Å². The number of fused-ring (bicyclic) bond motifs is 1. The number of carbonyl (C=O) groups excluding carboxylic acids is 1. The molecule has 0 saturated heterocycles. The van der Waals surface area contributed by atoms with E-state index in [1.807, 2.05) is 24.3 Å². The van der Waals surface area contributed by atoms with E-state index in [0.717, 1.165) is 33.5 Å². The lowest BCUT2D eigenvalue weighted by Gasteiger charge is -2.20. The summed E-state index contributed by atoms with van der Waals surface area (Å²) in [6.07, 6.45) is 3.34. The summed E-state index contributed by atoms with van der Waals surface area (Å²) in [7, 11) is 3.25. The Bertz CT molecular complexity index is 1330. The van der Waals surface area contributed by atoms with Crippen molar-refractivity contribution >= 4 is 22.6 Å². The van der Waals surface area contributed by atoms with Crippen LogP contribution in [0.25, 0.3) is 11.0 Å². The van der Waals surface area contributed by atoms with Gasteiger partial charge < -0.3 is 14.8 Å². The van der Waals surface area contributed by atoms with Gasteiger partial charge in [-0.2, -0.15) is 5.10 Å². The number of pyridine rings is 1. The lowest BCUT2D eigenvalue weighted by Crippen LogP contribution is -2.16. The number of nitrogens with one attached hydrogen (secondary N) is 1. The van der Waals surface area contributed by atoms with Crippen LogP contribution in [0.4, 0.5) is 5.69 Å². The standard InChI is InChI=1S/C28H32N4O3/c1-17(2)23-8-7-9-24(18(3)4)26(23)31-28(33)21-12-20-15-30-32(27(20)29-14-21)16-19-10-11-22(34-5)13-25(19)35-6/h7-15,17-18H,16H2,1-6H3,(H,31,33). The summed E-state index contributed by atoms with van der Waals surface area (Å²) in [6, 6.07) is 13.7. The molecular formula is C28H32N4O3. The van der Waals surface area contributed by atoms with Crippen molar-refractivity contribution in [1.82, 2.24) is 14.8 Å². The highest BCUT2D eigenvalue weighted by molar-refractivity contribution is 6.06. The van der Waals surface area contributed by atoms with E-state index in [9.17, 15) is 4.79 Å². The first-order chi connectivity index (χ1) is 16.8. The molecule has 0 atom stereocenters. The summed E-state index contributed by atoms with van der Waals surface area (Å²) >= 11 is 0. The van der Waals surface area contributed by atoms with Gasteiger partial charge in [-0.3, -0.25) is 4.79 Å². The molecule has 0 saturated carbocycles. The third kappa shape index (κ3) is 4.99. The molecule has 0 unspecified atom stereocenters. The van der Waals surface area contributed by atoms with Gasteiger partial charge in [0.05, 0.1) is 32.5 Å². The van der Waals surface area contributed by atoms with Gasteiger partial charge in [-0.25, -0.2) is 9.67 Å². The van der Waals surface area contributed by atoms with Crippen molar-refractivity contribution in [1.29, 1.82) is 0 Å². The number of ether oxygens (including phenoxy) is 2. The number of rotatable bonds is 8. The van der Waals surface area contributed by atoms with E-state index >= 15 is 0 Å². The summed E-state index contributed by atoms with van der Waals surface area (Å²) in [6.45, 7) is 9.02. The molecule has 0 fully saturated rings. The maximum atomic E-state index is 13.2. The molecule has 7 heteroatoms. The van der Waals surface area contributed by atoms with Crippen molar-refractivity contribution in [3.63, 3.8) is 0 Å². The molecule has 0 spiro atoms. The number of para-hydroxylation sites is 1. The number of anilines is 1. The van der Waals surface area contributed by atoms with E-state index in [2.05, 4.69) is 61.3 Å². The van der Waals surface area contributed by atoms with Gasteiger partial charge in [0.2, 0.25) is 0 Å². The molecule has 2 aromatic heterocycles. The summed E-state index contributed by atoms with van der Waals surface area (Å²) in [5.74, 6) is 1.84. The SMILES string of the molecule is COc1ccc(Cn2ncc3cc(C(=O)Nc4c(C(C)C)cccc4C(C)C)cnc32)c(OC)c1. The van der Waals surface area contributed by atoms with Gasteiger partial charge >= 0.3 is 0 Å². The minimum absolute atomic E-state index is 0.182. The second kappa shape index (κ2) is 10.2. The van der Waals surface area contributed by atoms with E-state index < -0.39 is 0 Å². The van der Waals surface area contributed by atoms with Crippen LogP contribution < -0.4 is 14.8 Å². The van der Waals surface area contributed by atoms with E-state index in [-0.39, 0.29) is 17.7 Å². The lowest BCUT2D eigenvalue weighted by atomic mass is 9.92. The first kappa shape index (κ1) is 24.3. The second-order valence-corrected chi connectivity index (χ2v) is 9.19. The number of hydrogen-bond acceptors (Lipinski definition) is 5. The molecular weight excluding hydrogens is 440 g/mol. The molecule has 0 bridgehead atoms. The fourth-order valence-electron chi connectivity index (χ4n) is 4.24. The highest BCUT2D eigenvalue weighted by atomic mass is 16.5. The van der Waals surface area contributed by atoms with Gasteiger partial charge in [0.25, 0.3) is 5.91 Å². The molecule has 4 rings (SSSR count). The lowest BCUT2D eigenvalue weighted by molar-refractivity contribution is 0.102. The van der Waals surface area contributed by atoms with E-state index in [4.69, 9.17) is 9.47 Å². The van der Waals surface area contributed by atoms with Crippen molar-refractivity contribution in [3.8, 4) is 11.5 Å². The quantitative estimate of drug-likeness (QED) is 0.340. The number of aromatic nitrogens is 3. The van der Waals surface area contributed by atoms with Crippen molar-refractivity contribution in [2.75, 3.05) is 19.5 Å². The Balaban J connectivity index is 1.61. The third-order valence-corrected chi connectivity index (χ3v) is 6.16. The smallest absolute Gasteiger partial charge is 0.257 e. The van der Waals surface area contributed by atoms with Crippen LogP contribution in [0.3, 0.4) is 0 Å². The molecule has 4 aromatic rings. The zero-order chi connectivity index (χ0) is 25.1. The number of benzene rings is 2. The summed E-state index contributed by atoms with van der Waals surface area (Å²) in [4.78, 5) is 17.8. The minimum Gasteiger partial charge on any atom is -0.497 e. The van der Waals surface area contributed by atoms with Gasteiger partial charge in [0.1, 0.15) is 11.5 Å². The third-order valence-electron chi connectivity index (χ3n) is 6.16. The van der Waals surface area contributed by atoms with Crippen LogP contribution in [0.5, 0.6) is 11.5 Å². The van der Waals surface area contributed by atoms with Gasteiger partial charge in [0.15, 0.2) is 5.65 Å². The molecule has 1 N–H and O–H groups in total. The Morgan fingerprint density at radius 1 is 0.971 bits per heavy atom. The molecule has 0 radical (unpaired) electrons. The number of amides is 1. The van der Waals surface area contributed by atoms with Crippen molar-refractivity contribution in [2.24, 2.45) is 0 Å². The first-order valence-corrected chi connectivity index (χ1v) is 11.8. The summed E-state index contributed by atoms with van der Waals surface area (Å²) in [5.41, 5.74) is 5.29. The van der Waals surface area contributed by atoms with Gasteiger partial charge in [-0.1, -0.05) is 45.9 Å². The fourth-order valence-corrected chi connectivity index (χ4v) is 4.24. The van der Waals surface area contributed by atoms with Gasteiger partial charge in [-0.05, 0) is 41.2 Å². The normalized spacial score (nSPS) is 11.3. The fraction of sp³-hybridized carbons (Fsp3) is 0.321. The first-order valence-electron chi connectivity index (χ1n) is 11.8. The molecule has 2 aromatic carbocycles. The Hall–Kier alpha value is -3.87. The second-order valence-electron chi connectivity index (χ2n) is 9.19. The Labute approximate surface area is 206 Å². The predicted molar refractivity (Wildman–Crippen MR) is 139 cm³/mol. The van der Waals surface area contributed by atoms with Crippen LogP contribution in [-0.2, 0) is 6.54 Å². The predicted octanol–water partition coefficient (Wildman–Crippen LogP) is 6.00. The molecule has 182 valence electrons. The van der Waals surface area contributed by atoms with Gasteiger partial charge in [-0.15, -0.1) is 0 Å². The van der Waals surface area contributed by atoms with Crippen LogP contribution in [0, 0.1) is 0 Å². The summed E-state index contributed by atoms with van der Waals surface area (Å²) < 4.78 is 12.6. The number of carbonyl (C=O) groups is 1. The van der Waals surface area contributed by atoms with Crippen molar-refractivity contribution in [3.05, 3.63) is 77.1 Å². The molecule has 0 aliphatic rings. The maximum Gasteiger partial charge on any atom is 0.257 e. The van der Waals surface area contributed by atoms with E-state index in [1.165, 1.54) is 0 Å². The average Bonchev–Trinajstić information content (AvgIpc) is 3.25. The Morgan fingerprint density at radius 2 is 1.69 bits per heavy atom. The Morgan fingerprint density at radius 3 is 2.31 bits per heavy atom. The topological polar surface area (TPSA) is 78.3 Å². The number of hydrogen-bond donors (Lipinski definition) is 1. The molecule has 0 aliphatic carbocycles. The Kier molecular flexibility index (Phi) is 7.05. The van der Waals surface area contributed by atoms with Crippen LogP contribution in [0.1, 0.15) is 66.6 Å². The van der Waals surface area contributed by atoms with Gasteiger partial charge in [0, 0.05) is 28.9 Å². The molecule has 35 heavy (non-hydrogen) atoms. The highest BCUT2D eigenvalue weighted by Crippen LogP contribution is 2.33. The molecule has 7 nitrogen and oxygen atoms in total. The highest BCUT2D eigenvalue weighted by Gasteiger charge is 2.18. The molecule has 1 amide bonds. The maximum absolute atomic E-state index is 13.2. The van der Waals surface area contributed by atoms with Crippen LogP contribution in [0.2, 0.25) is 0 Å². The minimum atomic E-state index is -0.182. The van der Waals surface area contributed by atoms with Crippen LogP contribution in [-0.4, -0.2) is 34.9 Å². The largest absolute Gasteiger partial charge is 0.497 e. The monoisotopic (exact) mass is 472 g/mol. The van der Waals surface area contributed by atoms with E-state index in [0.29, 0.717) is 23.5 Å². The van der Waals surface area contributed by atoms with E-state index in [1.54, 1.807) is 31.3 Å². The number of methoxy groups -OCH3 is 2. The molecule has 0 aliphatic heterocycles. The summed E-state index contributed by atoms with van der Waals surface area (Å²) in [5, 5.41) is 8.46. The van der Waals surface area contributed by atoms with Crippen molar-refractivity contribution in [2.45, 2.75) is 46.1 Å². The van der Waals surface area contributed by atoms with Crippen molar-refractivity contribution < 1.29 is 14.3 Å². The average molecular weight is 473 g/mol.